The van der Waals surface area contributed by atoms with Gasteiger partial charge in [-0.3, -0.25) is 4.79 Å². The summed E-state index contributed by atoms with van der Waals surface area (Å²) in [4.78, 5) is 10.7. The third kappa shape index (κ3) is 2.82. The van der Waals surface area contributed by atoms with Crippen LogP contribution in [0.4, 0.5) is 8.78 Å². The van der Waals surface area contributed by atoms with E-state index >= 15 is 0 Å². The molecule has 6 heteroatoms. The molecular formula is C8H4Cl2F2O2. The van der Waals surface area contributed by atoms with Crippen molar-refractivity contribution in [2.24, 2.45) is 0 Å². The Balaban J connectivity index is 3.02. The first-order valence-corrected chi connectivity index (χ1v) is 4.20. The zero-order chi connectivity index (χ0) is 10.7. The van der Waals surface area contributed by atoms with Crippen LogP contribution in [0.5, 0.6) is 5.75 Å². The van der Waals surface area contributed by atoms with Crippen molar-refractivity contribution in [3.05, 3.63) is 28.8 Å². The molecule has 2 nitrogen and oxygen atoms in total. The maximum absolute atomic E-state index is 11.8. The lowest BCUT2D eigenvalue weighted by molar-refractivity contribution is -0.0498. The quantitative estimate of drug-likeness (QED) is 0.758. The van der Waals surface area contributed by atoms with Gasteiger partial charge in [-0.15, -0.1) is 0 Å². The number of carbonyl (C=O) groups is 1. The van der Waals surface area contributed by atoms with Crippen molar-refractivity contribution in [1.29, 1.82) is 0 Å². The minimum atomic E-state index is -2.99. The number of benzene rings is 1. The van der Waals surface area contributed by atoms with Gasteiger partial charge in [0.05, 0.1) is 5.02 Å². The fraction of sp³-hybridized carbons (Fsp3) is 0.125. The van der Waals surface area contributed by atoms with Crippen molar-refractivity contribution in [2.45, 2.75) is 6.61 Å². The Morgan fingerprint density at radius 1 is 1.43 bits per heavy atom. The lowest BCUT2D eigenvalue weighted by atomic mass is 10.2. The summed E-state index contributed by atoms with van der Waals surface area (Å²) >= 11 is 10.7. The predicted molar refractivity (Wildman–Crippen MR) is 48.3 cm³/mol. The standard InChI is InChI=1S/C8H4Cl2F2O2/c9-5-2-1-4(7(10)13)3-6(5)14-8(11)12/h1-3,8H. The lowest BCUT2D eigenvalue weighted by Crippen LogP contribution is -2.03. The lowest BCUT2D eigenvalue weighted by Gasteiger charge is -2.06. The summed E-state index contributed by atoms with van der Waals surface area (Å²) in [5.74, 6) is -0.270. The number of alkyl halides is 2. The van der Waals surface area contributed by atoms with E-state index in [4.69, 9.17) is 23.2 Å². The Labute approximate surface area is 88.4 Å². The zero-order valence-electron chi connectivity index (χ0n) is 6.64. The molecule has 0 N–H and O–H groups in total. The second-order valence-electron chi connectivity index (χ2n) is 2.30. The molecule has 0 saturated heterocycles. The highest BCUT2D eigenvalue weighted by Gasteiger charge is 2.11. The first-order valence-electron chi connectivity index (χ1n) is 3.45. The van der Waals surface area contributed by atoms with Crippen molar-refractivity contribution < 1.29 is 18.3 Å². The maximum Gasteiger partial charge on any atom is 0.387 e. The Kier molecular flexibility index (Phi) is 3.66. The van der Waals surface area contributed by atoms with Crippen molar-refractivity contribution in [2.75, 3.05) is 0 Å². The van der Waals surface area contributed by atoms with Crippen molar-refractivity contribution >= 4 is 28.4 Å². The monoisotopic (exact) mass is 240 g/mol. The smallest absolute Gasteiger partial charge is 0.387 e. The molecule has 0 unspecified atom stereocenters. The molecule has 0 aromatic heterocycles. The average molecular weight is 241 g/mol. The molecule has 0 saturated carbocycles. The van der Waals surface area contributed by atoms with Crippen LogP contribution in [-0.4, -0.2) is 11.9 Å². The SMILES string of the molecule is O=C(Cl)c1ccc(Cl)c(OC(F)F)c1. The molecule has 1 aromatic rings. The highest BCUT2D eigenvalue weighted by molar-refractivity contribution is 6.67. The number of hydrogen-bond donors (Lipinski definition) is 0. The van der Waals surface area contributed by atoms with Crippen LogP contribution < -0.4 is 4.74 Å². The molecule has 0 fully saturated rings. The number of halogens is 4. The minimum absolute atomic E-state index is 0.00744. The van der Waals surface area contributed by atoms with Crippen LogP contribution in [0.25, 0.3) is 0 Å². The van der Waals surface area contributed by atoms with E-state index in [1.807, 2.05) is 0 Å². The molecule has 0 atom stereocenters. The number of hydrogen-bond acceptors (Lipinski definition) is 2. The van der Waals surface area contributed by atoms with E-state index < -0.39 is 11.9 Å². The molecule has 1 aromatic carbocycles. The number of ether oxygens (including phenoxy) is 1. The number of rotatable bonds is 3. The molecule has 0 aliphatic heterocycles. The second kappa shape index (κ2) is 4.57. The molecule has 76 valence electrons. The molecular weight excluding hydrogens is 237 g/mol. The Morgan fingerprint density at radius 3 is 2.57 bits per heavy atom. The van der Waals surface area contributed by atoms with Gasteiger partial charge >= 0.3 is 6.61 Å². The first-order chi connectivity index (χ1) is 6.50. The summed E-state index contributed by atoms with van der Waals surface area (Å²) in [6, 6.07) is 3.63. The molecule has 14 heavy (non-hydrogen) atoms. The van der Waals surface area contributed by atoms with Gasteiger partial charge in [0.15, 0.2) is 0 Å². The number of carbonyl (C=O) groups excluding carboxylic acids is 1. The Hall–Kier alpha value is -0.870. The van der Waals surface area contributed by atoms with Crippen molar-refractivity contribution in [1.82, 2.24) is 0 Å². The van der Waals surface area contributed by atoms with Crippen LogP contribution in [0.15, 0.2) is 18.2 Å². The van der Waals surface area contributed by atoms with Crippen molar-refractivity contribution in [3.63, 3.8) is 0 Å². The molecule has 1 rings (SSSR count). The molecule has 0 spiro atoms. The van der Waals surface area contributed by atoms with Gasteiger partial charge in [0.25, 0.3) is 5.24 Å². The average Bonchev–Trinajstić information content (AvgIpc) is 2.07. The third-order valence-corrected chi connectivity index (χ3v) is 1.90. The van der Waals surface area contributed by atoms with E-state index in [1.54, 1.807) is 0 Å². The Morgan fingerprint density at radius 2 is 2.07 bits per heavy atom. The molecule has 0 amide bonds. The van der Waals surface area contributed by atoms with Gasteiger partial charge in [0.2, 0.25) is 0 Å². The fourth-order valence-corrected chi connectivity index (χ4v) is 1.09. The minimum Gasteiger partial charge on any atom is -0.433 e. The van der Waals surface area contributed by atoms with E-state index in [0.717, 1.165) is 6.07 Å². The second-order valence-corrected chi connectivity index (χ2v) is 3.05. The van der Waals surface area contributed by atoms with Gasteiger partial charge in [-0.2, -0.15) is 8.78 Å². The van der Waals surface area contributed by atoms with E-state index in [-0.39, 0.29) is 16.3 Å². The largest absolute Gasteiger partial charge is 0.433 e. The summed E-state index contributed by atoms with van der Waals surface area (Å²) in [6.45, 7) is -2.99. The van der Waals surface area contributed by atoms with Gasteiger partial charge in [0.1, 0.15) is 5.75 Å². The molecule has 0 radical (unpaired) electrons. The van der Waals surface area contributed by atoms with E-state index in [0.29, 0.717) is 0 Å². The summed E-state index contributed by atoms with van der Waals surface area (Å²) in [7, 11) is 0. The zero-order valence-corrected chi connectivity index (χ0v) is 8.15. The normalized spacial score (nSPS) is 10.4. The highest BCUT2D eigenvalue weighted by Crippen LogP contribution is 2.27. The van der Waals surface area contributed by atoms with Gasteiger partial charge in [0, 0.05) is 5.56 Å². The Bertz CT molecular complexity index is 355. The van der Waals surface area contributed by atoms with Crippen LogP contribution in [0.2, 0.25) is 5.02 Å². The van der Waals surface area contributed by atoms with Gasteiger partial charge in [-0.05, 0) is 29.8 Å². The summed E-state index contributed by atoms with van der Waals surface area (Å²) in [5, 5.41) is -0.771. The third-order valence-electron chi connectivity index (χ3n) is 1.37. The first kappa shape index (κ1) is 11.2. The highest BCUT2D eigenvalue weighted by atomic mass is 35.5. The van der Waals surface area contributed by atoms with Crippen molar-refractivity contribution in [3.8, 4) is 5.75 Å². The van der Waals surface area contributed by atoms with Gasteiger partial charge in [-0.25, -0.2) is 0 Å². The predicted octanol–water partition coefficient (Wildman–Crippen LogP) is 3.32. The van der Waals surface area contributed by atoms with Crippen LogP contribution >= 0.6 is 23.2 Å². The molecule has 0 heterocycles. The summed E-state index contributed by atoms with van der Waals surface area (Å²) in [5.41, 5.74) is 0.0479. The summed E-state index contributed by atoms with van der Waals surface area (Å²) in [6.07, 6.45) is 0. The van der Waals surface area contributed by atoms with Crippen LogP contribution in [0, 0.1) is 0 Å². The van der Waals surface area contributed by atoms with Crippen LogP contribution in [0.3, 0.4) is 0 Å². The van der Waals surface area contributed by atoms with Crippen LogP contribution in [-0.2, 0) is 0 Å². The van der Waals surface area contributed by atoms with Crippen LogP contribution in [0.1, 0.15) is 10.4 Å². The van der Waals surface area contributed by atoms with Gasteiger partial charge in [-0.1, -0.05) is 11.6 Å². The topological polar surface area (TPSA) is 26.3 Å². The summed E-state index contributed by atoms with van der Waals surface area (Å²) < 4.78 is 27.7. The van der Waals surface area contributed by atoms with E-state index in [9.17, 15) is 13.6 Å². The van der Waals surface area contributed by atoms with E-state index in [2.05, 4.69) is 4.74 Å². The fourth-order valence-electron chi connectivity index (χ4n) is 0.812. The van der Waals surface area contributed by atoms with Gasteiger partial charge < -0.3 is 4.74 Å². The molecule has 0 aliphatic carbocycles. The van der Waals surface area contributed by atoms with E-state index in [1.165, 1.54) is 12.1 Å². The maximum atomic E-state index is 11.8. The molecule has 0 bridgehead atoms. The molecule has 0 aliphatic rings.